The fraction of sp³-hybridized carbons (Fsp3) is 0.500. The monoisotopic (exact) mass is 226 g/mol. The molecule has 0 aromatic carbocycles. The van der Waals surface area contributed by atoms with Crippen molar-refractivity contribution in [2.24, 2.45) is 0 Å². The lowest BCUT2D eigenvalue weighted by atomic mass is 10.1. The van der Waals surface area contributed by atoms with E-state index in [1.807, 2.05) is 6.92 Å². The van der Waals surface area contributed by atoms with Crippen molar-refractivity contribution < 1.29 is 19.2 Å². The second-order valence-corrected chi connectivity index (χ2v) is 3.92. The molecular weight excluding hydrogens is 212 g/mol. The van der Waals surface area contributed by atoms with Crippen LogP contribution in [0.15, 0.2) is 10.6 Å². The SMILES string of the molecule is CCc1cc(C(=O)NC(C)(C)C(=O)O)no1. The number of amides is 1. The standard InChI is InChI=1S/C10H14N2O4/c1-4-6-5-7(12-16-6)8(13)11-10(2,3)9(14)15/h5H,4H2,1-3H3,(H,11,13)(H,14,15). The number of rotatable bonds is 4. The zero-order chi connectivity index (χ0) is 12.3. The third-order valence-corrected chi connectivity index (χ3v) is 2.10. The molecule has 6 nitrogen and oxygen atoms in total. The molecule has 0 aliphatic rings. The molecule has 1 rings (SSSR count). The molecule has 1 aromatic heterocycles. The van der Waals surface area contributed by atoms with E-state index in [0.29, 0.717) is 12.2 Å². The Morgan fingerprint density at radius 2 is 2.19 bits per heavy atom. The molecular formula is C10H14N2O4. The molecule has 0 spiro atoms. The molecule has 0 aliphatic carbocycles. The quantitative estimate of drug-likeness (QED) is 0.793. The number of aromatic nitrogens is 1. The van der Waals surface area contributed by atoms with E-state index in [2.05, 4.69) is 10.5 Å². The summed E-state index contributed by atoms with van der Waals surface area (Å²) < 4.78 is 4.85. The summed E-state index contributed by atoms with van der Waals surface area (Å²) in [6.45, 7) is 4.66. The molecule has 16 heavy (non-hydrogen) atoms. The summed E-state index contributed by atoms with van der Waals surface area (Å²) in [4.78, 5) is 22.4. The first kappa shape index (κ1) is 12.2. The van der Waals surface area contributed by atoms with Crippen LogP contribution in [-0.2, 0) is 11.2 Å². The Balaban J connectivity index is 2.76. The van der Waals surface area contributed by atoms with Gasteiger partial charge in [-0.2, -0.15) is 0 Å². The number of hydrogen-bond acceptors (Lipinski definition) is 4. The molecule has 0 fully saturated rings. The molecule has 0 saturated heterocycles. The van der Waals surface area contributed by atoms with Crippen LogP contribution in [0.4, 0.5) is 0 Å². The maximum Gasteiger partial charge on any atom is 0.328 e. The fourth-order valence-electron chi connectivity index (χ4n) is 0.988. The Morgan fingerprint density at radius 1 is 1.56 bits per heavy atom. The first-order valence-corrected chi connectivity index (χ1v) is 4.88. The lowest BCUT2D eigenvalue weighted by molar-refractivity contribution is -0.143. The normalized spacial score (nSPS) is 11.2. The second kappa shape index (κ2) is 4.34. The molecule has 1 amide bonds. The number of carboxylic acid groups (broad SMARTS) is 1. The van der Waals surface area contributed by atoms with E-state index in [-0.39, 0.29) is 5.69 Å². The first-order chi connectivity index (χ1) is 7.36. The van der Waals surface area contributed by atoms with Crippen molar-refractivity contribution in [1.29, 1.82) is 0 Å². The summed E-state index contributed by atoms with van der Waals surface area (Å²) in [5, 5.41) is 14.7. The third kappa shape index (κ3) is 2.59. The predicted molar refractivity (Wildman–Crippen MR) is 55.1 cm³/mol. The summed E-state index contributed by atoms with van der Waals surface area (Å²) in [5.41, 5.74) is -1.24. The van der Waals surface area contributed by atoms with Crippen LogP contribution >= 0.6 is 0 Å². The summed E-state index contributed by atoms with van der Waals surface area (Å²) >= 11 is 0. The van der Waals surface area contributed by atoms with Gasteiger partial charge in [0, 0.05) is 12.5 Å². The number of nitrogens with zero attached hydrogens (tertiary/aromatic N) is 1. The van der Waals surface area contributed by atoms with Gasteiger partial charge in [0.2, 0.25) is 0 Å². The Kier molecular flexibility index (Phi) is 3.31. The van der Waals surface area contributed by atoms with Crippen molar-refractivity contribution in [2.45, 2.75) is 32.7 Å². The predicted octanol–water partition coefficient (Wildman–Crippen LogP) is 0.830. The van der Waals surface area contributed by atoms with Crippen molar-refractivity contribution in [3.63, 3.8) is 0 Å². The highest BCUT2D eigenvalue weighted by atomic mass is 16.5. The number of aliphatic carboxylic acids is 1. The maximum absolute atomic E-state index is 11.6. The average molecular weight is 226 g/mol. The van der Waals surface area contributed by atoms with Gasteiger partial charge in [-0.1, -0.05) is 12.1 Å². The van der Waals surface area contributed by atoms with Gasteiger partial charge in [-0.05, 0) is 13.8 Å². The van der Waals surface area contributed by atoms with Gasteiger partial charge in [0.1, 0.15) is 11.3 Å². The van der Waals surface area contributed by atoms with Crippen LogP contribution in [0.1, 0.15) is 37.0 Å². The van der Waals surface area contributed by atoms with Crippen LogP contribution in [0.25, 0.3) is 0 Å². The lowest BCUT2D eigenvalue weighted by Crippen LogP contribution is -2.49. The van der Waals surface area contributed by atoms with E-state index >= 15 is 0 Å². The van der Waals surface area contributed by atoms with Gasteiger partial charge in [-0.15, -0.1) is 0 Å². The minimum Gasteiger partial charge on any atom is -0.480 e. The largest absolute Gasteiger partial charge is 0.480 e. The van der Waals surface area contributed by atoms with Gasteiger partial charge in [0.15, 0.2) is 5.69 Å². The van der Waals surface area contributed by atoms with Crippen LogP contribution < -0.4 is 5.32 Å². The molecule has 0 saturated carbocycles. The Bertz CT molecular complexity index is 409. The summed E-state index contributed by atoms with van der Waals surface area (Å²) in [6.07, 6.45) is 0.628. The van der Waals surface area contributed by atoms with Crippen LogP contribution in [0, 0.1) is 0 Å². The van der Waals surface area contributed by atoms with Crippen molar-refractivity contribution in [3.8, 4) is 0 Å². The van der Waals surface area contributed by atoms with Crippen LogP contribution in [-0.4, -0.2) is 27.7 Å². The molecule has 0 aliphatic heterocycles. The van der Waals surface area contributed by atoms with E-state index in [9.17, 15) is 9.59 Å². The second-order valence-electron chi connectivity index (χ2n) is 3.92. The van der Waals surface area contributed by atoms with E-state index in [0.717, 1.165) is 0 Å². The number of aryl methyl sites for hydroxylation is 1. The summed E-state index contributed by atoms with van der Waals surface area (Å²) in [5.74, 6) is -1.09. The molecule has 1 aromatic rings. The first-order valence-electron chi connectivity index (χ1n) is 4.88. The van der Waals surface area contributed by atoms with E-state index in [4.69, 9.17) is 9.63 Å². The van der Waals surface area contributed by atoms with Gasteiger partial charge < -0.3 is 14.9 Å². The number of hydrogen-bond donors (Lipinski definition) is 2. The molecule has 0 atom stereocenters. The third-order valence-electron chi connectivity index (χ3n) is 2.10. The van der Waals surface area contributed by atoms with Crippen molar-refractivity contribution in [1.82, 2.24) is 10.5 Å². The van der Waals surface area contributed by atoms with Gasteiger partial charge in [0.25, 0.3) is 5.91 Å². The van der Waals surface area contributed by atoms with Gasteiger partial charge in [-0.3, -0.25) is 4.79 Å². The molecule has 0 bridgehead atoms. The number of carbonyl (C=O) groups excluding carboxylic acids is 1. The highest BCUT2D eigenvalue weighted by Crippen LogP contribution is 2.07. The summed E-state index contributed by atoms with van der Waals surface area (Å²) in [7, 11) is 0. The minimum atomic E-state index is -1.33. The molecule has 0 unspecified atom stereocenters. The maximum atomic E-state index is 11.6. The van der Waals surface area contributed by atoms with Gasteiger partial charge >= 0.3 is 5.97 Å². The lowest BCUT2D eigenvalue weighted by Gasteiger charge is -2.19. The molecule has 0 radical (unpaired) electrons. The molecule has 2 N–H and O–H groups in total. The number of carboxylic acids is 1. The van der Waals surface area contributed by atoms with Crippen molar-refractivity contribution in [2.75, 3.05) is 0 Å². The van der Waals surface area contributed by atoms with E-state index in [1.54, 1.807) is 0 Å². The minimum absolute atomic E-state index is 0.0891. The Hall–Kier alpha value is -1.85. The zero-order valence-electron chi connectivity index (χ0n) is 9.40. The Morgan fingerprint density at radius 3 is 2.62 bits per heavy atom. The van der Waals surface area contributed by atoms with Crippen molar-refractivity contribution >= 4 is 11.9 Å². The number of nitrogens with one attached hydrogen (secondary N) is 1. The molecule has 1 heterocycles. The molecule has 6 heteroatoms. The van der Waals surface area contributed by atoms with Crippen LogP contribution in [0.2, 0.25) is 0 Å². The Labute approximate surface area is 92.6 Å². The van der Waals surface area contributed by atoms with E-state index < -0.39 is 17.4 Å². The van der Waals surface area contributed by atoms with Gasteiger partial charge in [-0.25, -0.2) is 4.79 Å². The zero-order valence-corrected chi connectivity index (χ0v) is 9.40. The summed E-state index contributed by atoms with van der Waals surface area (Å²) in [6, 6.07) is 1.49. The fourth-order valence-corrected chi connectivity index (χ4v) is 0.988. The van der Waals surface area contributed by atoms with E-state index in [1.165, 1.54) is 19.9 Å². The topological polar surface area (TPSA) is 92.4 Å². The average Bonchev–Trinajstić information content (AvgIpc) is 2.64. The highest BCUT2D eigenvalue weighted by molar-refractivity contribution is 5.96. The van der Waals surface area contributed by atoms with Crippen LogP contribution in [0.3, 0.4) is 0 Å². The smallest absolute Gasteiger partial charge is 0.328 e. The van der Waals surface area contributed by atoms with Crippen molar-refractivity contribution in [3.05, 3.63) is 17.5 Å². The highest BCUT2D eigenvalue weighted by Gasteiger charge is 2.30. The molecule has 88 valence electrons. The number of carbonyl (C=O) groups is 2. The van der Waals surface area contributed by atoms with Gasteiger partial charge in [0.05, 0.1) is 0 Å². The van der Waals surface area contributed by atoms with Crippen LogP contribution in [0.5, 0.6) is 0 Å².